The molecule has 1 amide bonds. The lowest BCUT2D eigenvalue weighted by atomic mass is 9.96. The topological polar surface area (TPSA) is 41.4 Å². The van der Waals surface area contributed by atoms with Gasteiger partial charge in [-0.15, -0.1) is 0 Å². The molecule has 2 aromatic rings. The van der Waals surface area contributed by atoms with Gasteiger partial charge in [0.05, 0.1) is 11.0 Å². The number of carbonyl (C=O) groups excluding carboxylic acids is 1. The fourth-order valence-electron chi connectivity index (χ4n) is 4.08. The SMILES string of the molecule is Cc1nc2ccccc2n1CCC(=O)N(C)C[C@H]1CCCN(C(C)C)C1. The molecule has 26 heavy (non-hydrogen) atoms. The molecule has 3 rings (SSSR count). The maximum Gasteiger partial charge on any atom is 0.224 e. The molecule has 2 heterocycles. The van der Waals surface area contributed by atoms with Gasteiger partial charge in [0.25, 0.3) is 0 Å². The number of fused-ring (bicyclic) bond motifs is 1. The average Bonchev–Trinajstić information content (AvgIpc) is 2.95. The number of nitrogens with zero attached hydrogens (tertiary/aromatic N) is 4. The molecule has 0 aliphatic carbocycles. The monoisotopic (exact) mass is 356 g/mol. The summed E-state index contributed by atoms with van der Waals surface area (Å²) in [7, 11) is 1.95. The normalized spacial score (nSPS) is 18.6. The van der Waals surface area contributed by atoms with Crippen LogP contribution in [0.1, 0.15) is 38.9 Å². The summed E-state index contributed by atoms with van der Waals surface area (Å²) in [5.74, 6) is 1.79. The Morgan fingerprint density at radius 1 is 1.35 bits per heavy atom. The van der Waals surface area contributed by atoms with Crippen LogP contribution >= 0.6 is 0 Å². The number of carbonyl (C=O) groups is 1. The van der Waals surface area contributed by atoms with Crippen molar-refractivity contribution in [1.29, 1.82) is 0 Å². The number of amides is 1. The maximum absolute atomic E-state index is 12.7. The lowest BCUT2D eigenvalue weighted by Crippen LogP contribution is -2.44. The molecule has 1 aliphatic rings. The van der Waals surface area contributed by atoms with Gasteiger partial charge in [-0.1, -0.05) is 12.1 Å². The number of rotatable bonds is 6. The fraction of sp³-hybridized carbons (Fsp3) is 0.619. The lowest BCUT2D eigenvalue weighted by molar-refractivity contribution is -0.131. The van der Waals surface area contributed by atoms with Crippen molar-refractivity contribution in [2.45, 2.75) is 52.6 Å². The van der Waals surface area contributed by atoms with Gasteiger partial charge in [-0.3, -0.25) is 4.79 Å². The molecular weight excluding hydrogens is 324 g/mol. The second-order valence-corrected chi connectivity index (χ2v) is 7.92. The van der Waals surface area contributed by atoms with Gasteiger partial charge in [-0.25, -0.2) is 4.98 Å². The van der Waals surface area contributed by atoms with Crippen LogP contribution in [-0.4, -0.2) is 58.0 Å². The van der Waals surface area contributed by atoms with Crippen LogP contribution in [0.25, 0.3) is 11.0 Å². The summed E-state index contributed by atoms with van der Waals surface area (Å²) in [4.78, 5) is 21.7. The van der Waals surface area contributed by atoms with E-state index in [1.807, 2.05) is 37.1 Å². The number of hydrogen-bond donors (Lipinski definition) is 0. The predicted molar refractivity (Wildman–Crippen MR) is 106 cm³/mol. The van der Waals surface area contributed by atoms with E-state index in [0.29, 0.717) is 24.9 Å². The van der Waals surface area contributed by atoms with E-state index in [1.54, 1.807) is 0 Å². The standard InChI is InChI=1S/C21H32N4O/c1-16(2)24-12-7-8-18(15-24)14-23(4)21(26)11-13-25-17(3)22-19-9-5-6-10-20(19)25/h5-6,9-10,16,18H,7-8,11-15H2,1-4H3/t18-/m1/s1. The Bertz CT molecular complexity index is 752. The van der Waals surface area contributed by atoms with Crippen molar-refractivity contribution in [2.24, 2.45) is 5.92 Å². The molecule has 0 saturated carbocycles. The van der Waals surface area contributed by atoms with Crippen LogP contribution in [0.15, 0.2) is 24.3 Å². The Kier molecular flexibility index (Phi) is 5.97. The van der Waals surface area contributed by atoms with Gasteiger partial charge in [-0.2, -0.15) is 0 Å². The minimum atomic E-state index is 0.226. The third-order valence-electron chi connectivity index (χ3n) is 5.63. The highest BCUT2D eigenvalue weighted by molar-refractivity contribution is 5.78. The highest BCUT2D eigenvalue weighted by atomic mass is 16.2. The Morgan fingerprint density at radius 3 is 2.88 bits per heavy atom. The zero-order valence-electron chi connectivity index (χ0n) is 16.6. The molecule has 1 aromatic heterocycles. The third kappa shape index (κ3) is 4.26. The number of benzene rings is 1. The Labute approximate surface area is 157 Å². The predicted octanol–water partition coefficient (Wildman–Crippen LogP) is 3.31. The summed E-state index contributed by atoms with van der Waals surface area (Å²) in [6.07, 6.45) is 3.00. The molecule has 5 heteroatoms. The molecule has 0 N–H and O–H groups in total. The lowest BCUT2D eigenvalue weighted by Gasteiger charge is -2.37. The number of aryl methyl sites for hydroxylation is 2. The zero-order chi connectivity index (χ0) is 18.7. The van der Waals surface area contributed by atoms with E-state index in [-0.39, 0.29) is 5.91 Å². The van der Waals surface area contributed by atoms with Crippen molar-refractivity contribution < 1.29 is 4.79 Å². The summed E-state index contributed by atoms with van der Waals surface area (Å²) < 4.78 is 2.15. The Balaban J connectivity index is 1.55. The number of aromatic nitrogens is 2. The van der Waals surface area contributed by atoms with Crippen LogP contribution in [0.5, 0.6) is 0 Å². The van der Waals surface area contributed by atoms with E-state index >= 15 is 0 Å². The van der Waals surface area contributed by atoms with Crippen molar-refractivity contribution in [3.05, 3.63) is 30.1 Å². The number of likely N-dealkylation sites (tertiary alicyclic amines) is 1. The van der Waals surface area contributed by atoms with Crippen molar-refractivity contribution >= 4 is 16.9 Å². The smallest absolute Gasteiger partial charge is 0.224 e. The second-order valence-electron chi connectivity index (χ2n) is 7.92. The zero-order valence-corrected chi connectivity index (χ0v) is 16.6. The van der Waals surface area contributed by atoms with Crippen molar-refractivity contribution in [3.8, 4) is 0 Å². The van der Waals surface area contributed by atoms with E-state index in [4.69, 9.17) is 0 Å². The molecule has 1 saturated heterocycles. The number of piperidine rings is 1. The van der Waals surface area contributed by atoms with Crippen LogP contribution in [-0.2, 0) is 11.3 Å². The molecule has 0 spiro atoms. The highest BCUT2D eigenvalue weighted by Crippen LogP contribution is 2.20. The molecule has 0 bridgehead atoms. The molecule has 142 valence electrons. The van der Waals surface area contributed by atoms with Crippen LogP contribution in [0.3, 0.4) is 0 Å². The molecule has 0 unspecified atom stereocenters. The van der Waals surface area contributed by atoms with Gasteiger partial charge in [0.15, 0.2) is 0 Å². The van der Waals surface area contributed by atoms with E-state index < -0.39 is 0 Å². The summed E-state index contributed by atoms with van der Waals surface area (Å²) in [6, 6.07) is 8.72. The summed E-state index contributed by atoms with van der Waals surface area (Å²) in [5.41, 5.74) is 2.11. The molecule has 1 aliphatic heterocycles. The van der Waals surface area contributed by atoms with E-state index in [9.17, 15) is 4.79 Å². The largest absolute Gasteiger partial charge is 0.345 e. The summed E-state index contributed by atoms with van der Waals surface area (Å²) in [6.45, 7) is 10.4. The third-order valence-corrected chi connectivity index (χ3v) is 5.63. The fourth-order valence-corrected chi connectivity index (χ4v) is 4.08. The first-order chi connectivity index (χ1) is 12.5. The first-order valence-electron chi connectivity index (χ1n) is 9.85. The van der Waals surface area contributed by atoms with Gasteiger partial charge in [0, 0.05) is 39.1 Å². The first-order valence-corrected chi connectivity index (χ1v) is 9.85. The number of para-hydroxylation sites is 2. The summed E-state index contributed by atoms with van der Waals surface area (Å²) in [5, 5.41) is 0. The molecule has 1 aromatic carbocycles. The minimum Gasteiger partial charge on any atom is -0.345 e. The van der Waals surface area contributed by atoms with E-state index in [0.717, 1.165) is 29.9 Å². The highest BCUT2D eigenvalue weighted by Gasteiger charge is 2.24. The molecule has 1 fully saturated rings. The minimum absolute atomic E-state index is 0.226. The van der Waals surface area contributed by atoms with Gasteiger partial charge in [-0.05, 0) is 58.2 Å². The second kappa shape index (κ2) is 8.21. The van der Waals surface area contributed by atoms with E-state index in [2.05, 4.69) is 34.4 Å². The summed E-state index contributed by atoms with van der Waals surface area (Å²) >= 11 is 0. The van der Waals surface area contributed by atoms with Gasteiger partial charge in [0.2, 0.25) is 5.91 Å². The van der Waals surface area contributed by atoms with Gasteiger partial charge < -0.3 is 14.4 Å². The molecular formula is C21H32N4O. The number of imidazole rings is 1. The van der Waals surface area contributed by atoms with Crippen molar-refractivity contribution in [3.63, 3.8) is 0 Å². The van der Waals surface area contributed by atoms with Crippen LogP contribution in [0.2, 0.25) is 0 Å². The Morgan fingerprint density at radius 2 is 2.12 bits per heavy atom. The molecule has 5 nitrogen and oxygen atoms in total. The van der Waals surface area contributed by atoms with Crippen molar-refractivity contribution in [1.82, 2.24) is 19.4 Å². The maximum atomic E-state index is 12.7. The van der Waals surface area contributed by atoms with Gasteiger partial charge >= 0.3 is 0 Å². The molecule has 0 radical (unpaired) electrons. The first kappa shape index (κ1) is 18.9. The van der Waals surface area contributed by atoms with E-state index in [1.165, 1.54) is 19.4 Å². The number of hydrogen-bond acceptors (Lipinski definition) is 3. The van der Waals surface area contributed by atoms with Crippen LogP contribution < -0.4 is 0 Å². The Hall–Kier alpha value is -1.88. The molecule has 1 atom stereocenters. The van der Waals surface area contributed by atoms with Crippen LogP contribution in [0.4, 0.5) is 0 Å². The van der Waals surface area contributed by atoms with Crippen LogP contribution in [0, 0.1) is 12.8 Å². The average molecular weight is 357 g/mol. The quantitative estimate of drug-likeness (QED) is 0.797. The van der Waals surface area contributed by atoms with Crippen molar-refractivity contribution in [2.75, 3.05) is 26.7 Å². The van der Waals surface area contributed by atoms with Gasteiger partial charge in [0.1, 0.15) is 5.82 Å².